The number of nitrogens with zero attached hydrogens (tertiary/aromatic N) is 2. The highest BCUT2D eigenvalue weighted by molar-refractivity contribution is 6.01. The second-order valence-corrected chi connectivity index (χ2v) is 6.81. The number of urea groups is 1. The minimum Gasteiger partial charge on any atom is -0.390 e. The maximum absolute atomic E-state index is 12.6. The third-order valence-corrected chi connectivity index (χ3v) is 4.83. The van der Waals surface area contributed by atoms with Gasteiger partial charge >= 0.3 is 6.03 Å². The Labute approximate surface area is 149 Å². The van der Waals surface area contributed by atoms with Gasteiger partial charge in [0.1, 0.15) is 0 Å². The lowest BCUT2D eigenvalue weighted by Crippen LogP contribution is -2.48. The van der Waals surface area contributed by atoms with Gasteiger partial charge in [-0.2, -0.15) is 0 Å². The van der Waals surface area contributed by atoms with Crippen LogP contribution in [0.3, 0.4) is 0 Å². The van der Waals surface area contributed by atoms with Gasteiger partial charge < -0.3 is 15.1 Å². The Hall–Kier alpha value is -2.30. The molecule has 5 nitrogen and oxygen atoms in total. The third-order valence-electron chi connectivity index (χ3n) is 4.83. The van der Waals surface area contributed by atoms with Gasteiger partial charge in [0.25, 0.3) is 0 Å². The molecule has 0 radical (unpaired) electrons. The number of hydrogen-bond donors (Lipinski definition) is 1. The van der Waals surface area contributed by atoms with Gasteiger partial charge in [-0.1, -0.05) is 60.8 Å². The lowest BCUT2D eigenvalue weighted by atomic mass is 9.96. The summed E-state index contributed by atoms with van der Waals surface area (Å²) in [6.07, 6.45) is 8.20. The van der Waals surface area contributed by atoms with E-state index in [0.29, 0.717) is 25.6 Å². The highest BCUT2D eigenvalue weighted by Gasteiger charge is 2.27. The van der Waals surface area contributed by atoms with Crippen LogP contribution in [-0.2, 0) is 4.84 Å². The number of amides is 2. The third kappa shape index (κ3) is 4.84. The number of carbonyl (C=O) groups excluding carboxylic acids is 1. The Morgan fingerprint density at radius 2 is 2.04 bits per heavy atom. The van der Waals surface area contributed by atoms with Crippen molar-refractivity contribution in [3.8, 4) is 0 Å². The first-order valence-electron chi connectivity index (χ1n) is 9.20. The van der Waals surface area contributed by atoms with Gasteiger partial charge in [0, 0.05) is 19.0 Å². The van der Waals surface area contributed by atoms with Gasteiger partial charge in [-0.25, -0.2) is 4.79 Å². The summed E-state index contributed by atoms with van der Waals surface area (Å²) in [4.78, 5) is 20.0. The Morgan fingerprint density at radius 3 is 2.76 bits per heavy atom. The molecule has 2 amide bonds. The summed E-state index contributed by atoms with van der Waals surface area (Å²) in [5, 5.41) is 7.37. The number of carbonyl (C=O) groups is 1. The molecule has 1 fully saturated rings. The second kappa shape index (κ2) is 8.70. The zero-order valence-electron chi connectivity index (χ0n) is 14.7. The first kappa shape index (κ1) is 17.5. The van der Waals surface area contributed by atoms with Crippen molar-refractivity contribution in [1.82, 2.24) is 10.2 Å². The molecule has 0 bridgehead atoms. The molecule has 5 heteroatoms. The van der Waals surface area contributed by atoms with E-state index in [2.05, 4.69) is 17.1 Å². The molecule has 1 saturated carbocycles. The highest BCUT2D eigenvalue weighted by atomic mass is 16.6. The van der Waals surface area contributed by atoms with E-state index in [1.807, 2.05) is 30.3 Å². The molecule has 1 heterocycles. The monoisotopic (exact) mass is 341 g/mol. The van der Waals surface area contributed by atoms with Gasteiger partial charge in [-0.15, -0.1) is 6.58 Å². The molecule has 0 spiro atoms. The zero-order valence-corrected chi connectivity index (χ0v) is 14.7. The maximum Gasteiger partial charge on any atom is 0.318 e. The normalized spacial score (nSPS) is 20.5. The van der Waals surface area contributed by atoms with Crippen molar-refractivity contribution in [2.24, 2.45) is 5.16 Å². The lowest BCUT2D eigenvalue weighted by Gasteiger charge is -2.28. The minimum absolute atomic E-state index is 0.0245. The van der Waals surface area contributed by atoms with E-state index in [0.717, 1.165) is 24.1 Å². The summed E-state index contributed by atoms with van der Waals surface area (Å²) in [7, 11) is 0. The predicted octanol–water partition coefficient (Wildman–Crippen LogP) is 3.71. The Kier molecular flexibility index (Phi) is 6.09. The smallest absolute Gasteiger partial charge is 0.318 e. The minimum atomic E-state index is -0.104. The van der Waals surface area contributed by atoms with E-state index in [-0.39, 0.29) is 12.1 Å². The summed E-state index contributed by atoms with van der Waals surface area (Å²) >= 11 is 0. The average molecular weight is 341 g/mol. The average Bonchev–Trinajstić information content (AvgIpc) is 3.11. The van der Waals surface area contributed by atoms with E-state index >= 15 is 0 Å². The molecule has 1 aliphatic heterocycles. The molecule has 1 aromatic rings. The molecule has 1 unspecified atom stereocenters. The highest BCUT2D eigenvalue weighted by Crippen LogP contribution is 2.19. The second-order valence-electron chi connectivity index (χ2n) is 6.81. The predicted molar refractivity (Wildman–Crippen MR) is 99.6 cm³/mol. The zero-order chi connectivity index (χ0) is 17.5. The SMILES string of the molecule is C=CCN(CC1CC(c2ccccc2)=NO1)C(=O)NC1CCCCC1. The van der Waals surface area contributed by atoms with Crippen LogP contribution in [-0.4, -0.2) is 41.9 Å². The number of nitrogens with one attached hydrogen (secondary N) is 1. The molecule has 1 aromatic carbocycles. The summed E-state index contributed by atoms with van der Waals surface area (Å²) < 4.78 is 0. The van der Waals surface area contributed by atoms with E-state index in [4.69, 9.17) is 4.84 Å². The fourth-order valence-corrected chi connectivity index (χ4v) is 3.48. The Morgan fingerprint density at radius 1 is 1.28 bits per heavy atom. The van der Waals surface area contributed by atoms with Crippen LogP contribution in [0.5, 0.6) is 0 Å². The standard InChI is InChI=1S/C20H27N3O2/c1-2-13-23(20(24)21-17-11-7-4-8-12-17)15-18-14-19(22-25-18)16-9-5-3-6-10-16/h2-3,5-6,9-10,17-18H,1,4,7-8,11-15H2,(H,21,24). The topological polar surface area (TPSA) is 53.9 Å². The van der Waals surface area contributed by atoms with Crippen molar-refractivity contribution >= 4 is 11.7 Å². The van der Waals surface area contributed by atoms with Crippen LogP contribution in [0.1, 0.15) is 44.1 Å². The fraction of sp³-hybridized carbons (Fsp3) is 0.500. The Balaban J connectivity index is 1.53. The molecule has 2 aliphatic rings. The van der Waals surface area contributed by atoms with Gasteiger partial charge in [0.2, 0.25) is 0 Å². The Bertz CT molecular complexity index is 609. The summed E-state index contributed by atoms with van der Waals surface area (Å²) in [6, 6.07) is 10.3. The molecule has 134 valence electrons. The molecule has 25 heavy (non-hydrogen) atoms. The van der Waals surface area contributed by atoms with E-state index in [1.165, 1.54) is 19.3 Å². The van der Waals surface area contributed by atoms with Gasteiger partial charge in [0.05, 0.1) is 12.3 Å². The van der Waals surface area contributed by atoms with Crippen LogP contribution in [0.4, 0.5) is 4.79 Å². The fourth-order valence-electron chi connectivity index (χ4n) is 3.48. The van der Waals surface area contributed by atoms with Crippen LogP contribution in [0.25, 0.3) is 0 Å². The number of hydrogen-bond acceptors (Lipinski definition) is 3. The molecule has 1 N–H and O–H groups in total. The number of rotatable bonds is 6. The van der Waals surface area contributed by atoms with Gasteiger partial charge in [-0.05, 0) is 18.4 Å². The van der Waals surface area contributed by atoms with Crippen molar-refractivity contribution in [3.05, 3.63) is 48.6 Å². The van der Waals surface area contributed by atoms with Crippen molar-refractivity contribution in [2.75, 3.05) is 13.1 Å². The van der Waals surface area contributed by atoms with Crippen molar-refractivity contribution in [3.63, 3.8) is 0 Å². The van der Waals surface area contributed by atoms with Gasteiger partial charge in [-0.3, -0.25) is 0 Å². The quantitative estimate of drug-likeness (QED) is 0.802. The van der Waals surface area contributed by atoms with Crippen molar-refractivity contribution in [1.29, 1.82) is 0 Å². The van der Waals surface area contributed by atoms with E-state index in [9.17, 15) is 4.79 Å². The first-order chi connectivity index (χ1) is 12.3. The van der Waals surface area contributed by atoms with Crippen LogP contribution in [0, 0.1) is 0 Å². The molecule has 1 aliphatic carbocycles. The molecule has 3 rings (SSSR count). The molecule has 0 saturated heterocycles. The van der Waals surface area contributed by atoms with Gasteiger partial charge in [0.15, 0.2) is 6.10 Å². The first-order valence-corrected chi connectivity index (χ1v) is 9.20. The lowest BCUT2D eigenvalue weighted by molar-refractivity contribution is 0.0623. The molecule has 1 atom stereocenters. The van der Waals surface area contributed by atoms with E-state index in [1.54, 1.807) is 11.0 Å². The summed E-state index contributed by atoms with van der Waals surface area (Å²) in [5.74, 6) is 0. The summed E-state index contributed by atoms with van der Waals surface area (Å²) in [5.41, 5.74) is 2.02. The van der Waals surface area contributed by atoms with Crippen molar-refractivity contribution < 1.29 is 9.63 Å². The van der Waals surface area contributed by atoms with E-state index < -0.39 is 0 Å². The van der Waals surface area contributed by atoms with Crippen LogP contribution in [0.2, 0.25) is 0 Å². The van der Waals surface area contributed by atoms with Crippen molar-refractivity contribution in [2.45, 2.75) is 50.7 Å². The number of oxime groups is 1. The molecular weight excluding hydrogens is 314 g/mol. The van der Waals surface area contributed by atoms with Crippen LogP contribution < -0.4 is 5.32 Å². The van der Waals surface area contributed by atoms with Crippen LogP contribution in [0.15, 0.2) is 48.1 Å². The number of benzene rings is 1. The molecular formula is C20H27N3O2. The molecule has 0 aromatic heterocycles. The van der Waals surface area contributed by atoms with Crippen LogP contribution >= 0.6 is 0 Å². The largest absolute Gasteiger partial charge is 0.390 e. The maximum atomic E-state index is 12.6. The summed E-state index contributed by atoms with van der Waals surface area (Å²) in [6.45, 7) is 4.81.